The number of hydrogen-bond donors (Lipinski definition) is 2. The Labute approximate surface area is 155 Å². The highest BCUT2D eigenvalue weighted by Gasteiger charge is 2.14. The highest BCUT2D eigenvalue weighted by atomic mass is 32.1. The van der Waals surface area contributed by atoms with Crippen LogP contribution in [-0.2, 0) is 6.54 Å². The number of thiocarbonyl (C=S) groups is 1. The molecule has 2 N–H and O–H groups in total. The number of anilines is 2. The molecular formula is C19H18F2N4S. The van der Waals surface area contributed by atoms with Crippen LogP contribution in [0, 0.1) is 25.5 Å². The van der Waals surface area contributed by atoms with Crippen molar-refractivity contribution in [3.05, 3.63) is 77.1 Å². The van der Waals surface area contributed by atoms with Crippen molar-refractivity contribution in [3.8, 4) is 0 Å². The number of benzene rings is 2. The molecule has 3 aromatic rings. The summed E-state index contributed by atoms with van der Waals surface area (Å²) in [6.07, 6.45) is 0. The normalized spacial score (nSPS) is 10.6. The van der Waals surface area contributed by atoms with Gasteiger partial charge in [0.15, 0.2) is 5.11 Å². The Bertz CT molecular complexity index is 952. The Hall–Kier alpha value is -2.80. The lowest BCUT2D eigenvalue weighted by molar-refractivity contribution is 0.616. The fraction of sp³-hybridized carbons (Fsp3) is 0.158. The lowest BCUT2D eigenvalue weighted by Crippen LogP contribution is -2.20. The third-order valence-electron chi connectivity index (χ3n) is 3.96. The van der Waals surface area contributed by atoms with Crippen LogP contribution < -0.4 is 10.6 Å². The van der Waals surface area contributed by atoms with Crippen LogP contribution in [0.1, 0.15) is 17.0 Å². The van der Waals surface area contributed by atoms with Crippen LogP contribution in [-0.4, -0.2) is 14.9 Å². The fourth-order valence-electron chi connectivity index (χ4n) is 2.67. The molecule has 0 fully saturated rings. The quantitative estimate of drug-likeness (QED) is 0.655. The third kappa shape index (κ3) is 4.05. The summed E-state index contributed by atoms with van der Waals surface area (Å²) >= 11 is 5.28. The van der Waals surface area contributed by atoms with Crippen LogP contribution in [0.15, 0.2) is 48.5 Å². The van der Waals surface area contributed by atoms with Crippen molar-refractivity contribution < 1.29 is 8.78 Å². The molecule has 0 aliphatic heterocycles. The Morgan fingerprint density at radius 1 is 1.08 bits per heavy atom. The molecular weight excluding hydrogens is 354 g/mol. The second kappa shape index (κ2) is 7.61. The first-order valence-electron chi connectivity index (χ1n) is 8.05. The molecule has 3 rings (SSSR count). The zero-order chi connectivity index (χ0) is 18.7. The molecule has 1 aromatic heterocycles. The number of para-hydroxylation sites is 1. The van der Waals surface area contributed by atoms with Crippen molar-refractivity contribution in [2.75, 3.05) is 10.6 Å². The highest BCUT2D eigenvalue weighted by molar-refractivity contribution is 7.80. The highest BCUT2D eigenvalue weighted by Crippen LogP contribution is 2.21. The minimum Gasteiger partial charge on any atom is -0.330 e. The van der Waals surface area contributed by atoms with Gasteiger partial charge in [-0.2, -0.15) is 5.10 Å². The summed E-state index contributed by atoms with van der Waals surface area (Å²) in [6, 6.07) is 12.7. The molecule has 2 aromatic carbocycles. The molecule has 0 aliphatic rings. The number of aromatic nitrogens is 2. The van der Waals surface area contributed by atoms with Gasteiger partial charge in [0, 0.05) is 0 Å². The summed E-state index contributed by atoms with van der Waals surface area (Å²) in [5.41, 5.74) is 3.46. The maximum absolute atomic E-state index is 13.7. The average Bonchev–Trinajstić information content (AvgIpc) is 2.84. The monoisotopic (exact) mass is 372 g/mol. The summed E-state index contributed by atoms with van der Waals surface area (Å²) in [6.45, 7) is 4.19. The smallest absolute Gasteiger partial charge is 0.175 e. The van der Waals surface area contributed by atoms with E-state index >= 15 is 0 Å². The van der Waals surface area contributed by atoms with Crippen LogP contribution in [0.5, 0.6) is 0 Å². The summed E-state index contributed by atoms with van der Waals surface area (Å²) in [7, 11) is 0. The number of aryl methyl sites for hydroxylation is 1. The minimum absolute atomic E-state index is 0.270. The largest absolute Gasteiger partial charge is 0.330 e. The number of rotatable bonds is 4. The molecule has 134 valence electrons. The van der Waals surface area contributed by atoms with Crippen molar-refractivity contribution in [3.63, 3.8) is 0 Å². The van der Waals surface area contributed by atoms with E-state index in [9.17, 15) is 8.78 Å². The lowest BCUT2D eigenvalue weighted by atomic mass is 10.2. The van der Waals surface area contributed by atoms with Crippen LogP contribution in [0.2, 0.25) is 0 Å². The summed E-state index contributed by atoms with van der Waals surface area (Å²) < 4.78 is 28.9. The molecule has 0 radical (unpaired) electrons. The zero-order valence-electron chi connectivity index (χ0n) is 14.4. The zero-order valence-corrected chi connectivity index (χ0v) is 15.2. The molecule has 0 saturated carbocycles. The first-order valence-corrected chi connectivity index (χ1v) is 8.46. The maximum atomic E-state index is 13.7. The van der Waals surface area contributed by atoms with Crippen molar-refractivity contribution in [1.82, 2.24) is 9.78 Å². The molecule has 26 heavy (non-hydrogen) atoms. The van der Waals surface area contributed by atoms with E-state index in [1.807, 2.05) is 19.9 Å². The number of nitrogens with one attached hydrogen (secondary N) is 2. The summed E-state index contributed by atoms with van der Waals surface area (Å²) in [5.74, 6) is -0.662. The van der Waals surface area contributed by atoms with Crippen molar-refractivity contribution in [2.24, 2.45) is 0 Å². The van der Waals surface area contributed by atoms with Crippen molar-refractivity contribution in [1.29, 1.82) is 0 Å². The van der Waals surface area contributed by atoms with Gasteiger partial charge in [-0.05, 0) is 55.9 Å². The van der Waals surface area contributed by atoms with E-state index in [4.69, 9.17) is 12.2 Å². The Balaban J connectivity index is 1.75. The van der Waals surface area contributed by atoms with Gasteiger partial charge in [0.1, 0.15) is 11.6 Å². The number of hydrogen-bond acceptors (Lipinski definition) is 2. The molecule has 0 amide bonds. The van der Waals surface area contributed by atoms with Crippen LogP contribution >= 0.6 is 12.2 Å². The van der Waals surface area contributed by atoms with E-state index in [1.54, 1.807) is 28.9 Å². The molecule has 4 nitrogen and oxygen atoms in total. The lowest BCUT2D eigenvalue weighted by Gasteiger charge is -2.12. The molecule has 0 unspecified atom stereocenters. The van der Waals surface area contributed by atoms with Gasteiger partial charge in [-0.3, -0.25) is 4.68 Å². The standard InChI is InChI=1S/C19H18F2N4S/c1-12-18(23-19(26)22-17-9-4-3-8-16(17)21)13(2)25(24-12)11-14-6-5-7-15(20)10-14/h3-10H,11H2,1-2H3,(H2,22,23,26). The Morgan fingerprint density at radius 3 is 2.58 bits per heavy atom. The predicted octanol–water partition coefficient (Wildman–Crippen LogP) is 4.64. The summed E-state index contributed by atoms with van der Waals surface area (Å²) in [5, 5.41) is 10.7. The van der Waals surface area contributed by atoms with Crippen LogP contribution in [0.3, 0.4) is 0 Å². The molecule has 0 atom stereocenters. The molecule has 7 heteroatoms. The van der Waals surface area contributed by atoms with Crippen LogP contribution in [0.25, 0.3) is 0 Å². The maximum Gasteiger partial charge on any atom is 0.175 e. The predicted molar refractivity (Wildman–Crippen MR) is 103 cm³/mol. The molecule has 1 heterocycles. The number of nitrogens with zero attached hydrogens (tertiary/aromatic N) is 2. The van der Waals surface area contributed by atoms with E-state index in [1.165, 1.54) is 18.2 Å². The molecule has 0 spiro atoms. The second-order valence-corrected chi connectivity index (χ2v) is 6.30. The van der Waals surface area contributed by atoms with E-state index in [0.29, 0.717) is 12.2 Å². The van der Waals surface area contributed by atoms with E-state index in [2.05, 4.69) is 15.7 Å². The van der Waals surface area contributed by atoms with Gasteiger partial charge < -0.3 is 10.6 Å². The summed E-state index contributed by atoms with van der Waals surface area (Å²) in [4.78, 5) is 0. The van der Waals surface area contributed by atoms with Gasteiger partial charge in [-0.25, -0.2) is 8.78 Å². The first-order chi connectivity index (χ1) is 12.4. The molecule has 0 bridgehead atoms. The van der Waals surface area contributed by atoms with E-state index in [0.717, 1.165) is 22.6 Å². The van der Waals surface area contributed by atoms with Gasteiger partial charge in [0.2, 0.25) is 0 Å². The molecule has 0 saturated heterocycles. The van der Waals surface area contributed by atoms with Crippen molar-refractivity contribution in [2.45, 2.75) is 20.4 Å². The molecule has 0 aliphatic carbocycles. The second-order valence-electron chi connectivity index (χ2n) is 5.89. The minimum atomic E-state index is -0.383. The van der Waals surface area contributed by atoms with Gasteiger partial charge in [0.05, 0.1) is 29.3 Å². The fourth-order valence-corrected chi connectivity index (χ4v) is 2.88. The van der Waals surface area contributed by atoms with Gasteiger partial charge >= 0.3 is 0 Å². The van der Waals surface area contributed by atoms with Crippen molar-refractivity contribution >= 4 is 28.7 Å². The van der Waals surface area contributed by atoms with Gasteiger partial charge in [0.25, 0.3) is 0 Å². The third-order valence-corrected chi connectivity index (χ3v) is 4.17. The Kier molecular flexibility index (Phi) is 5.27. The van der Waals surface area contributed by atoms with Crippen LogP contribution in [0.4, 0.5) is 20.2 Å². The van der Waals surface area contributed by atoms with E-state index < -0.39 is 0 Å². The first kappa shape index (κ1) is 18.0. The van der Waals surface area contributed by atoms with Gasteiger partial charge in [-0.15, -0.1) is 0 Å². The van der Waals surface area contributed by atoms with E-state index in [-0.39, 0.29) is 16.7 Å². The number of halogens is 2. The topological polar surface area (TPSA) is 41.9 Å². The Morgan fingerprint density at radius 2 is 1.85 bits per heavy atom. The SMILES string of the molecule is Cc1nn(Cc2cccc(F)c2)c(C)c1NC(=S)Nc1ccccc1F. The average molecular weight is 372 g/mol. The van der Waals surface area contributed by atoms with Gasteiger partial charge in [-0.1, -0.05) is 24.3 Å².